The van der Waals surface area contributed by atoms with Crippen molar-refractivity contribution in [2.24, 2.45) is 5.92 Å². The first-order valence-corrected chi connectivity index (χ1v) is 9.15. The monoisotopic (exact) mass is 380 g/mol. The molecule has 3 atom stereocenters. The van der Waals surface area contributed by atoms with Gasteiger partial charge in [-0.2, -0.15) is 0 Å². The average molecular weight is 380 g/mol. The highest BCUT2D eigenvalue weighted by molar-refractivity contribution is 6.24. The summed E-state index contributed by atoms with van der Waals surface area (Å²) in [5.41, 5.74) is 1.94. The summed E-state index contributed by atoms with van der Waals surface area (Å²) in [7, 11) is 0. The number of carbonyl (C=O) groups is 3. The highest BCUT2D eigenvalue weighted by Gasteiger charge is 2.62. The summed E-state index contributed by atoms with van der Waals surface area (Å²) in [6.07, 6.45) is -1.07. The smallest absolute Gasteiger partial charge is 0.332 e. The molecule has 2 aromatic rings. The predicted octanol–water partition coefficient (Wildman–Crippen LogP) is 2.24. The van der Waals surface area contributed by atoms with E-state index >= 15 is 0 Å². The van der Waals surface area contributed by atoms with Gasteiger partial charge in [-0.15, -0.1) is 0 Å². The lowest BCUT2D eigenvalue weighted by Gasteiger charge is -2.28. The number of hydrogen-bond acceptors (Lipinski definition) is 6. The third-order valence-electron chi connectivity index (χ3n) is 5.01. The molecule has 4 rings (SSSR count). The van der Waals surface area contributed by atoms with E-state index in [0.29, 0.717) is 11.4 Å². The fraction of sp³-hybridized carbons (Fsp3) is 0.286. The minimum atomic E-state index is -1.07. The standard InChI is InChI=1S/C21H20N2O5/c1-3-27-21(26)17-16-18(28-23(17)15-12-8-7-9-13(15)2)20(25)22(19(16)24)14-10-5-4-6-11-14/h4-12,16-18H,3H2,1-2H3/t16-,17+,18+/m0/s1. The molecular weight excluding hydrogens is 360 g/mol. The van der Waals surface area contributed by atoms with Crippen LogP contribution in [0.5, 0.6) is 0 Å². The number of carbonyl (C=O) groups excluding carboxylic acids is 3. The summed E-state index contributed by atoms with van der Waals surface area (Å²) in [6, 6.07) is 14.9. The minimum Gasteiger partial charge on any atom is -0.464 e. The van der Waals surface area contributed by atoms with E-state index in [4.69, 9.17) is 9.57 Å². The highest BCUT2D eigenvalue weighted by Crippen LogP contribution is 2.41. The first-order chi connectivity index (χ1) is 13.5. The second kappa shape index (κ2) is 7.09. The number of aryl methyl sites for hydroxylation is 1. The zero-order valence-electron chi connectivity index (χ0n) is 15.6. The van der Waals surface area contributed by atoms with Crippen molar-refractivity contribution in [3.8, 4) is 0 Å². The summed E-state index contributed by atoms with van der Waals surface area (Å²) in [6.45, 7) is 3.73. The van der Waals surface area contributed by atoms with Gasteiger partial charge in [-0.05, 0) is 37.6 Å². The SMILES string of the molecule is CCOC(=O)[C@H]1[C@@H]2C(=O)N(c3ccccc3)C(=O)[C@@H]2ON1c1ccccc1C. The van der Waals surface area contributed by atoms with Gasteiger partial charge >= 0.3 is 5.97 Å². The number of hydroxylamine groups is 1. The van der Waals surface area contributed by atoms with Crippen LogP contribution in [-0.2, 0) is 24.0 Å². The number of hydrogen-bond donors (Lipinski definition) is 0. The van der Waals surface area contributed by atoms with Crippen molar-refractivity contribution >= 4 is 29.2 Å². The Bertz CT molecular complexity index is 929. The Hall–Kier alpha value is -3.19. The zero-order valence-corrected chi connectivity index (χ0v) is 15.6. The van der Waals surface area contributed by atoms with Gasteiger partial charge in [-0.1, -0.05) is 36.4 Å². The van der Waals surface area contributed by atoms with Gasteiger partial charge in [0.15, 0.2) is 12.1 Å². The molecule has 28 heavy (non-hydrogen) atoms. The van der Waals surface area contributed by atoms with Crippen LogP contribution in [0.25, 0.3) is 0 Å². The van der Waals surface area contributed by atoms with E-state index in [2.05, 4.69) is 0 Å². The molecule has 0 spiro atoms. The van der Waals surface area contributed by atoms with Gasteiger partial charge in [-0.3, -0.25) is 14.4 Å². The number of ether oxygens (including phenoxy) is 1. The van der Waals surface area contributed by atoms with Crippen LogP contribution >= 0.6 is 0 Å². The maximum Gasteiger partial charge on any atom is 0.332 e. The molecule has 2 fully saturated rings. The number of fused-ring (bicyclic) bond motifs is 1. The van der Waals surface area contributed by atoms with Crippen LogP contribution in [0, 0.1) is 12.8 Å². The van der Waals surface area contributed by atoms with Crippen molar-refractivity contribution in [1.82, 2.24) is 0 Å². The third kappa shape index (κ3) is 2.75. The van der Waals surface area contributed by atoms with Gasteiger partial charge in [0.25, 0.3) is 5.91 Å². The molecule has 0 unspecified atom stereocenters. The van der Waals surface area contributed by atoms with Crippen LogP contribution in [-0.4, -0.2) is 36.5 Å². The van der Waals surface area contributed by atoms with Crippen molar-refractivity contribution in [3.05, 3.63) is 60.2 Å². The van der Waals surface area contributed by atoms with Gasteiger partial charge in [0.05, 0.1) is 18.0 Å². The Kier molecular flexibility index (Phi) is 4.60. The number of anilines is 2. The van der Waals surface area contributed by atoms with Gasteiger partial charge in [0.2, 0.25) is 5.91 Å². The van der Waals surface area contributed by atoms with E-state index in [0.717, 1.165) is 10.5 Å². The fourth-order valence-corrected chi connectivity index (χ4v) is 3.73. The first kappa shape index (κ1) is 18.2. The van der Waals surface area contributed by atoms with Gasteiger partial charge in [0.1, 0.15) is 5.92 Å². The molecule has 0 radical (unpaired) electrons. The number of amides is 2. The van der Waals surface area contributed by atoms with Crippen molar-refractivity contribution in [2.45, 2.75) is 26.0 Å². The summed E-state index contributed by atoms with van der Waals surface area (Å²) < 4.78 is 5.21. The molecule has 7 nitrogen and oxygen atoms in total. The number of benzene rings is 2. The molecule has 2 aromatic carbocycles. The van der Waals surface area contributed by atoms with E-state index in [1.807, 2.05) is 25.1 Å². The van der Waals surface area contributed by atoms with E-state index in [9.17, 15) is 14.4 Å². The first-order valence-electron chi connectivity index (χ1n) is 9.15. The van der Waals surface area contributed by atoms with Crippen molar-refractivity contribution in [3.63, 3.8) is 0 Å². The molecule has 7 heteroatoms. The highest BCUT2D eigenvalue weighted by atomic mass is 16.7. The number of imide groups is 1. The summed E-state index contributed by atoms with van der Waals surface area (Å²) in [4.78, 5) is 45.9. The quantitative estimate of drug-likeness (QED) is 0.598. The molecule has 2 amide bonds. The van der Waals surface area contributed by atoms with E-state index < -0.39 is 35.8 Å². The number of para-hydroxylation sites is 2. The minimum absolute atomic E-state index is 0.166. The molecule has 2 aliphatic rings. The molecule has 2 heterocycles. The van der Waals surface area contributed by atoms with Crippen LogP contribution in [0.15, 0.2) is 54.6 Å². The van der Waals surface area contributed by atoms with E-state index in [1.54, 1.807) is 43.3 Å². The summed E-state index contributed by atoms with van der Waals surface area (Å²) in [5, 5.41) is 1.36. The van der Waals surface area contributed by atoms with Crippen LogP contribution in [0.4, 0.5) is 11.4 Å². The molecule has 0 bridgehead atoms. The number of nitrogens with zero attached hydrogens (tertiary/aromatic N) is 2. The van der Waals surface area contributed by atoms with Crippen LogP contribution in [0.2, 0.25) is 0 Å². The summed E-state index contributed by atoms with van der Waals surface area (Å²) in [5.74, 6) is -2.50. The van der Waals surface area contributed by atoms with Crippen LogP contribution < -0.4 is 9.96 Å². The molecule has 2 aliphatic heterocycles. The molecule has 0 aliphatic carbocycles. The third-order valence-corrected chi connectivity index (χ3v) is 5.01. The van der Waals surface area contributed by atoms with Gasteiger partial charge in [-0.25, -0.2) is 14.8 Å². The number of esters is 1. The Morgan fingerprint density at radius 1 is 1.04 bits per heavy atom. The van der Waals surface area contributed by atoms with E-state index in [1.165, 1.54) is 5.06 Å². The van der Waals surface area contributed by atoms with Crippen molar-refractivity contribution < 1.29 is 24.0 Å². The molecular formula is C21H20N2O5. The molecule has 144 valence electrons. The second-order valence-electron chi connectivity index (χ2n) is 6.71. The Labute approximate surface area is 162 Å². The fourth-order valence-electron chi connectivity index (χ4n) is 3.73. The molecule has 2 saturated heterocycles. The number of rotatable bonds is 4. The lowest BCUT2D eigenvalue weighted by molar-refractivity contribution is -0.147. The Morgan fingerprint density at radius 2 is 1.71 bits per heavy atom. The summed E-state index contributed by atoms with van der Waals surface area (Å²) >= 11 is 0. The normalized spacial score (nSPS) is 23.9. The zero-order chi connectivity index (χ0) is 19.8. The van der Waals surface area contributed by atoms with Gasteiger partial charge < -0.3 is 4.74 Å². The average Bonchev–Trinajstić information content (AvgIpc) is 3.19. The topological polar surface area (TPSA) is 76.2 Å². The molecule has 0 N–H and O–H groups in total. The lowest BCUT2D eigenvalue weighted by Crippen LogP contribution is -2.45. The van der Waals surface area contributed by atoms with Crippen molar-refractivity contribution in [2.75, 3.05) is 16.6 Å². The van der Waals surface area contributed by atoms with Gasteiger partial charge in [0, 0.05) is 0 Å². The Morgan fingerprint density at radius 3 is 2.39 bits per heavy atom. The maximum atomic E-state index is 13.2. The van der Waals surface area contributed by atoms with E-state index in [-0.39, 0.29) is 6.61 Å². The maximum absolute atomic E-state index is 13.2. The lowest BCUT2D eigenvalue weighted by atomic mass is 9.96. The predicted molar refractivity (Wildman–Crippen MR) is 101 cm³/mol. The Balaban J connectivity index is 1.75. The molecule has 0 aromatic heterocycles. The van der Waals surface area contributed by atoms with Crippen LogP contribution in [0.1, 0.15) is 12.5 Å². The van der Waals surface area contributed by atoms with Crippen LogP contribution in [0.3, 0.4) is 0 Å². The largest absolute Gasteiger partial charge is 0.464 e. The van der Waals surface area contributed by atoms with Crippen molar-refractivity contribution in [1.29, 1.82) is 0 Å². The second-order valence-corrected chi connectivity index (χ2v) is 6.71. The molecule has 0 saturated carbocycles.